The minimum absolute atomic E-state index is 0.244. The van der Waals surface area contributed by atoms with Gasteiger partial charge in [-0.3, -0.25) is 9.59 Å². The monoisotopic (exact) mass is 590 g/mol. The van der Waals surface area contributed by atoms with Gasteiger partial charge >= 0.3 is 0 Å². The first-order valence-corrected chi connectivity index (χ1v) is 13.6. The maximum absolute atomic E-state index is 13.7. The largest absolute Gasteiger partial charge is 0.494 e. The van der Waals surface area contributed by atoms with Gasteiger partial charge in [-0.1, -0.05) is 46.3 Å². The Kier molecular flexibility index (Phi) is 6.29. The third-order valence-corrected chi connectivity index (χ3v) is 7.72. The fraction of sp³-hybridized carbons (Fsp3) is 0.143. The zero-order chi connectivity index (χ0) is 26.4. The van der Waals surface area contributed by atoms with Gasteiger partial charge in [-0.05, 0) is 66.6 Å². The minimum Gasteiger partial charge on any atom is -0.494 e. The average molecular weight is 591 g/mol. The van der Waals surface area contributed by atoms with Crippen LogP contribution in [0.25, 0.3) is 21.9 Å². The van der Waals surface area contributed by atoms with E-state index in [0.717, 1.165) is 39.1 Å². The number of carbonyl (C=O) groups excluding carboxylic acids is 1. The molecular weight excluding hydrogens is 571 g/mol. The second-order valence-corrected chi connectivity index (χ2v) is 10.7. The van der Waals surface area contributed by atoms with E-state index in [-0.39, 0.29) is 22.8 Å². The summed E-state index contributed by atoms with van der Waals surface area (Å²) in [7, 11) is 0. The van der Waals surface area contributed by atoms with Crippen LogP contribution in [0.1, 0.15) is 24.5 Å². The van der Waals surface area contributed by atoms with Gasteiger partial charge in [-0.25, -0.2) is 4.39 Å². The molecule has 190 valence electrons. The zero-order valence-corrected chi connectivity index (χ0v) is 22.6. The van der Waals surface area contributed by atoms with Crippen LogP contribution in [0.2, 0.25) is 0 Å². The number of halogens is 2. The van der Waals surface area contributed by atoms with Crippen molar-refractivity contribution in [2.45, 2.75) is 19.9 Å². The van der Waals surface area contributed by atoms with Crippen molar-refractivity contribution in [2.24, 2.45) is 0 Å². The summed E-state index contributed by atoms with van der Waals surface area (Å²) < 4.78 is 21.4. The maximum Gasteiger partial charge on any atom is 0.291 e. The molecule has 1 amide bonds. The highest BCUT2D eigenvalue weighted by molar-refractivity contribution is 9.10. The van der Waals surface area contributed by atoms with Gasteiger partial charge in [-0.15, -0.1) is 5.10 Å². The number of aromatic nitrogens is 3. The normalized spacial score (nSPS) is 14.4. The molecule has 0 saturated heterocycles. The lowest BCUT2D eigenvalue weighted by Gasteiger charge is -2.17. The number of benzene rings is 3. The molecule has 0 spiro atoms. The molecule has 7 nitrogen and oxygen atoms in total. The van der Waals surface area contributed by atoms with Crippen LogP contribution in [0, 0.1) is 5.82 Å². The fourth-order valence-electron chi connectivity index (χ4n) is 4.38. The van der Waals surface area contributed by atoms with E-state index < -0.39 is 5.56 Å². The third-order valence-electron chi connectivity index (χ3n) is 6.20. The third kappa shape index (κ3) is 4.29. The fourth-order valence-corrected chi connectivity index (χ4v) is 5.74. The molecule has 1 aliphatic heterocycles. The van der Waals surface area contributed by atoms with Crippen molar-refractivity contribution in [1.82, 2.24) is 14.6 Å². The van der Waals surface area contributed by atoms with Crippen molar-refractivity contribution < 1.29 is 13.9 Å². The quantitative estimate of drug-likeness (QED) is 0.279. The average Bonchev–Trinajstić information content (AvgIpc) is 3.55. The summed E-state index contributed by atoms with van der Waals surface area (Å²) in [6.45, 7) is 2.93. The molecule has 2 aromatic heterocycles. The van der Waals surface area contributed by atoms with E-state index in [1.165, 1.54) is 16.6 Å². The number of nitrogens with zero attached hydrogens (tertiary/aromatic N) is 4. The first-order valence-electron chi connectivity index (χ1n) is 12.0. The molecule has 0 N–H and O–H groups in total. The first-order chi connectivity index (χ1) is 18.4. The SMILES string of the molecule is CCCOc1ccc(-c2nc3s/c(=C4\C(=O)N(Cc5ccc(F)cc5)c5ccc(Br)cc54)c(=O)n3n2)cc1. The van der Waals surface area contributed by atoms with Crippen LogP contribution in [0.15, 0.2) is 76.0 Å². The molecule has 6 rings (SSSR count). The number of hydrogen-bond donors (Lipinski definition) is 0. The van der Waals surface area contributed by atoms with Crippen LogP contribution < -0.4 is 19.7 Å². The van der Waals surface area contributed by atoms with Crippen LogP contribution in [-0.2, 0) is 11.3 Å². The molecule has 38 heavy (non-hydrogen) atoms. The van der Waals surface area contributed by atoms with Gasteiger partial charge in [0.2, 0.25) is 4.96 Å². The molecule has 0 atom stereocenters. The van der Waals surface area contributed by atoms with Crippen molar-refractivity contribution in [3.8, 4) is 17.1 Å². The smallest absolute Gasteiger partial charge is 0.291 e. The number of carbonyl (C=O) groups is 1. The van der Waals surface area contributed by atoms with E-state index >= 15 is 0 Å². The van der Waals surface area contributed by atoms with E-state index in [1.54, 1.807) is 17.0 Å². The number of hydrogen-bond acceptors (Lipinski definition) is 6. The topological polar surface area (TPSA) is 76.8 Å². The highest BCUT2D eigenvalue weighted by Gasteiger charge is 2.34. The van der Waals surface area contributed by atoms with Crippen LogP contribution in [-0.4, -0.2) is 27.1 Å². The molecule has 0 saturated carbocycles. The molecular formula is C28H20BrFN4O3S. The Morgan fingerprint density at radius 1 is 1.03 bits per heavy atom. The Morgan fingerprint density at radius 3 is 2.50 bits per heavy atom. The van der Waals surface area contributed by atoms with Gasteiger partial charge in [0.25, 0.3) is 11.5 Å². The van der Waals surface area contributed by atoms with Crippen molar-refractivity contribution in [3.05, 3.63) is 103 Å². The Labute approximate surface area is 228 Å². The van der Waals surface area contributed by atoms with Gasteiger partial charge in [0.15, 0.2) is 5.82 Å². The summed E-state index contributed by atoms with van der Waals surface area (Å²) in [6, 6.07) is 18.9. The predicted molar refractivity (Wildman–Crippen MR) is 148 cm³/mol. The second-order valence-electron chi connectivity index (χ2n) is 8.79. The Bertz CT molecular complexity index is 1800. The van der Waals surface area contributed by atoms with Gasteiger partial charge < -0.3 is 9.64 Å². The molecule has 0 fully saturated rings. The number of rotatable bonds is 6. The lowest BCUT2D eigenvalue weighted by atomic mass is 10.1. The summed E-state index contributed by atoms with van der Waals surface area (Å²) in [5.41, 5.74) is 2.78. The zero-order valence-electron chi connectivity index (χ0n) is 20.1. The first kappa shape index (κ1) is 24.4. The molecule has 10 heteroatoms. The predicted octanol–water partition coefficient (Wildman–Crippen LogP) is 4.97. The van der Waals surface area contributed by atoms with Crippen molar-refractivity contribution in [2.75, 3.05) is 11.5 Å². The van der Waals surface area contributed by atoms with E-state index in [4.69, 9.17) is 4.74 Å². The minimum atomic E-state index is -0.399. The summed E-state index contributed by atoms with van der Waals surface area (Å²) >= 11 is 4.62. The van der Waals surface area contributed by atoms with Gasteiger partial charge in [0, 0.05) is 15.6 Å². The van der Waals surface area contributed by atoms with Crippen molar-refractivity contribution >= 4 is 49.4 Å². The summed E-state index contributed by atoms with van der Waals surface area (Å²) in [5, 5.41) is 4.44. The molecule has 5 aromatic rings. The highest BCUT2D eigenvalue weighted by atomic mass is 79.9. The number of amides is 1. The molecule has 0 bridgehead atoms. The summed E-state index contributed by atoms with van der Waals surface area (Å²) in [4.78, 5) is 33.8. The number of ether oxygens (including phenoxy) is 1. The van der Waals surface area contributed by atoms with E-state index in [2.05, 4.69) is 26.0 Å². The summed E-state index contributed by atoms with van der Waals surface area (Å²) in [5.74, 6) is 0.538. The lowest BCUT2D eigenvalue weighted by molar-refractivity contribution is -0.113. The summed E-state index contributed by atoms with van der Waals surface area (Å²) in [6.07, 6.45) is 0.919. The van der Waals surface area contributed by atoms with E-state index in [0.29, 0.717) is 34.2 Å². The number of anilines is 1. The standard InChI is InChI=1S/C28H20BrFN4O3S/c1-2-13-37-20-10-5-17(6-11-20)25-31-28-34(32-25)27(36)24(38-28)23-21-14-18(29)7-12-22(21)33(26(23)35)15-16-3-8-19(30)9-4-16/h3-12,14H,2,13,15H2,1H3/b24-23-. The molecule has 3 aromatic carbocycles. The second kappa shape index (κ2) is 9.77. The molecule has 3 heterocycles. The molecule has 0 aliphatic carbocycles. The van der Waals surface area contributed by atoms with Gasteiger partial charge in [0.05, 0.1) is 24.4 Å². The van der Waals surface area contributed by atoms with Crippen LogP contribution >= 0.6 is 27.3 Å². The maximum atomic E-state index is 13.7. The number of thiazole rings is 1. The Balaban J connectivity index is 1.42. The lowest BCUT2D eigenvalue weighted by Crippen LogP contribution is -2.32. The molecule has 1 aliphatic rings. The van der Waals surface area contributed by atoms with E-state index in [9.17, 15) is 14.0 Å². The Morgan fingerprint density at radius 2 is 1.79 bits per heavy atom. The number of fused-ring (bicyclic) bond motifs is 2. The Hall–Kier alpha value is -3.89. The molecule has 0 unspecified atom stereocenters. The van der Waals surface area contributed by atoms with E-state index in [1.807, 2.05) is 49.4 Å². The van der Waals surface area contributed by atoms with Crippen LogP contribution in [0.4, 0.5) is 10.1 Å². The van der Waals surface area contributed by atoms with Crippen molar-refractivity contribution in [1.29, 1.82) is 0 Å². The highest BCUT2D eigenvalue weighted by Crippen LogP contribution is 2.38. The van der Waals surface area contributed by atoms with Gasteiger partial charge in [0.1, 0.15) is 16.1 Å². The van der Waals surface area contributed by atoms with Crippen molar-refractivity contribution in [3.63, 3.8) is 0 Å². The van der Waals surface area contributed by atoms with Crippen LogP contribution in [0.5, 0.6) is 5.75 Å². The van der Waals surface area contributed by atoms with Gasteiger partial charge in [-0.2, -0.15) is 9.50 Å². The molecule has 0 radical (unpaired) electrons. The van der Waals surface area contributed by atoms with Crippen LogP contribution in [0.3, 0.4) is 0 Å².